The maximum absolute atomic E-state index is 13.1. The van der Waals surface area contributed by atoms with Crippen molar-refractivity contribution in [1.82, 2.24) is 10.3 Å². The third-order valence-electron chi connectivity index (χ3n) is 5.92. The minimum atomic E-state index is -0.201. The molecular formula is C26H22ClN3O2S. The zero-order valence-electron chi connectivity index (χ0n) is 17.9. The Morgan fingerprint density at radius 1 is 1.09 bits per heavy atom. The van der Waals surface area contributed by atoms with Gasteiger partial charge in [0.15, 0.2) is 0 Å². The van der Waals surface area contributed by atoms with E-state index in [0.717, 1.165) is 26.9 Å². The van der Waals surface area contributed by atoms with Gasteiger partial charge in [0.25, 0.3) is 5.91 Å². The molecule has 3 aromatic carbocycles. The van der Waals surface area contributed by atoms with Crippen LogP contribution in [0.4, 0.5) is 5.69 Å². The third-order valence-corrected chi connectivity index (χ3v) is 7.44. The number of carbonyl (C=O) groups is 2. The summed E-state index contributed by atoms with van der Waals surface area (Å²) < 4.78 is 0. The zero-order chi connectivity index (χ0) is 22.9. The first-order valence-corrected chi connectivity index (χ1v) is 12.0. The van der Waals surface area contributed by atoms with Gasteiger partial charge < -0.3 is 15.6 Å². The highest BCUT2D eigenvalue weighted by atomic mass is 35.5. The molecule has 0 fully saturated rings. The number of hydrogen-bond acceptors (Lipinski definition) is 3. The van der Waals surface area contributed by atoms with Crippen LogP contribution in [0, 0.1) is 0 Å². The average molecular weight is 476 g/mol. The molecule has 7 heteroatoms. The van der Waals surface area contributed by atoms with Gasteiger partial charge in [0.2, 0.25) is 5.91 Å². The molecule has 2 amide bonds. The molecule has 5 rings (SSSR count). The summed E-state index contributed by atoms with van der Waals surface area (Å²) in [6.07, 6.45) is 1.98. The molecule has 166 valence electrons. The molecule has 0 spiro atoms. The average Bonchev–Trinajstić information content (AvgIpc) is 3.25. The van der Waals surface area contributed by atoms with Crippen molar-refractivity contribution in [1.29, 1.82) is 0 Å². The Morgan fingerprint density at radius 3 is 2.73 bits per heavy atom. The number of carbonyl (C=O) groups excluding carboxylic acids is 2. The Hall–Kier alpha value is -3.22. The van der Waals surface area contributed by atoms with Gasteiger partial charge >= 0.3 is 0 Å². The first-order chi connectivity index (χ1) is 16.0. The normalized spacial score (nSPS) is 16.2. The fraction of sp³-hybridized carbons (Fsp3) is 0.154. The number of aromatic amines is 1. The quantitative estimate of drug-likeness (QED) is 0.340. The van der Waals surface area contributed by atoms with Crippen LogP contribution < -0.4 is 10.6 Å². The van der Waals surface area contributed by atoms with Crippen molar-refractivity contribution in [2.45, 2.75) is 23.0 Å². The van der Waals surface area contributed by atoms with Crippen LogP contribution in [0.5, 0.6) is 0 Å². The van der Waals surface area contributed by atoms with Gasteiger partial charge in [0.05, 0.1) is 10.9 Å². The predicted octanol–water partition coefficient (Wildman–Crippen LogP) is 5.82. The SMILES string of the molecule is C[C@@H]1Sc2ccc(C(=O)NC[C@@H](c3ccccc3Cl)c3c[nH]c4ccccc34)cc2NC1=O. The molecule has 2 atom stereocenters. The molecule has 0 bridgehead atoms. The number of nitrogens with one attached hydrogen (secondary N) is 3. The number of fused-ring (bicyclic) bond motifs is 2. The molecule has 3 N–H and O–H groups in total. The molecule has 33 heavy (non-hydrogen) atoms. The number of rotatable bonds is 5. The summed E-state index contributed by atoms with van der Waals surface area (Å²) in [4.78, 5) is 29.4. The number of H-pyrrole nitrogens is 1. The lowest BCUT2D eigenvalue weighted by Gasteiger charge is -2.22. The number of hydrogen-bond donors (Lipinski definition) is 3. The third kappa shape index (κ3) is 4.24. The summed E-state index contributed by atoms with van der Waals surface area (Å²) in [5, 5.41) is 7.56. The van der Waals surface area contributed by atoms with E-state index < -0.39 is 0 Å². The first kappa shape index (κ1) is 21.6. The highest BCUT2D eigenvalue weighted by molar-refractivity contribution is 8.00. The second-order valence-corrected chi connectivity index (χ2v) is 9.82. The highest BCUT2D eigenvalue weighted by Gasteiger charge is 2.25. The lowest BCUT2D eigenvalue weighted by molar-refractivity contribution is -0.115. The Morgan fingerprint density at radius 2 is 1.88 bits per heavy atom. The van der Waals surface area contributed by atoms with Gasteiger partial charge in [-0.05, 0) is 48.4 Å². The largest absolute Gasteiger partial charge is 0.361 e. The number of para-hydroxylation sites is 1. The number of aromatic nitrogens is 1. The van der Waals surface area contributed by atoms with Crippen LogP contribution >= 0.6 is 23.4 Å². The monoisotopic (exact) mass is 475 g/mol. The summed E-state index contributed by atoms with van der Waals surface area (Å²) in [7, 11) is 0. The van der Waals surface area contributed by atoms with Crippen LogP contribution in [-0.4, -0.2) is 28.6 Å². The lowest BCUT2D eigenvalue weighted by Crippen LogP contribution is -2.30. The Balaban J connectivity index is 1.43. The summed E-state index contributed by atoms with van der Waals surface area (Å²) in [6, 6.07) is 21.2. The summed E-state index contributed by atoms with van der Waals surface area (Å²) in [5.74, 6) is -0.386. The van der Waals surface area contributed by atoms with E-state index in [1.165, 1.54) is 11.8 Å². The van der Waals surface area contributed by atoms with E-state index in [2.05, 4.69) is 21.7 Å². The molecule has 5 nitrogen and oxygen atoms in total. The maximum atomic E-state index is 13.1. The van der Waals surface area contributed by atoms with Gasteiger partial charge in [-0.1, -0.05) is 48.0 Å². The fourth-order valence-corrected chi connectivity index (χ4v) is 5.37. The van der Waals surface area contributed by atoms with E-state index in [4.69, 9.17) is 11.6 Å². The molecule has 1 aliphatic heterocycles. The number of anilines is 1. The summed E-state index contributed by atoms with van der Waals surface area (Å²) in [6.45, 7) is 2.24. The van der Waals surface area contributed by atoms with Crippen molar-refractivity contribution in [2.24, 2.45) is 0 Å². The van der Waals surface area contributed by atoms with Crippen LogP contribution in [0.25, 0.3) is 10.9 Å². The maximum Gasteiger partial charge on any atom is 0.251 e. The molecule has 1 aromatic heterocycles. The number of thioether (sulfide) groups is 1. The number of amides is 2. The predicted molar refractivity (Wildman–Crippen MR) is 134 cm³/mol. The van der Waals surface area contributed by atoms with E-state index in [9.17, 15) is 9.59 Å². The summed E-state index contributed by atoms with van der Waals surface area (Å²) in [5.41, 5.74) is 4.23. The second-order valence-electron chi connectivity index (χ2n) is 8.03. The van der Waals surface area contributed by atoms with Crippen LogP contribution in [0.2, 0.25) is 5.02 Å². The number of halogens is 1. The van der Waals surface area contributed by atoms with Crippen LogP contribution in [0.1, 0.15) is 34.3 Å². The van der Waals surface area contributed by atoms with E-state index in [1.807, 2.05) is 61.7 Å². The van der Waals surface area contributed by atoms with E-state index in [0.29, 0.717) is 22.8 Å². The molecule has 1 aliphatic rings. The van der Waals surface area contributed by atoms with Crippen LogP contribution in [0.15, 0.2) is 77.8 Å². The second kappa shape index (κ2) is 8.96. The molecule has 0 saturated heterocycles. The topological polar surface area (TPSA) is 74.0 Å². The smallest absolute Gasteiger partial charge is 0.251 e. The fourth-order valence-electron chi connectivity index (χ4n) is 4.17. The van der Waals surface area contributed by atoms with Gasteiger partial charge in [0.1, 0.15) is 0 Å². The van der Waals surface area contributed by atoms with Crippen molar-refractivity contribution in [3.8, 4) is 0 Å². The first-order valence-electron chi connectivity index (χ1n) is 10.7. The van der Waals surface area contributed by atoms with E-state index in [1.54, 1.807) is 12.1 Å². The molecule has 0 aliphatic carbocycles. The van der Waals surface area contributed by atoms with Crippen molar-refractivity contribution >= 4 is 51.8 Å². The minimum Gasteiger partial charge on any atom is -0.361 e. The molecule has 0 radical (unpaired) electrons. The standard InChI is InChI=1S/C26H22ClN3O2S/c1-15-25(31)30-23-12-16(10-11-24(23)33-15)26(32)29-14-19(17-6-2-4-8-21(17)27)20-13-28-22-9-5-3-7-18(20)22/h2-13,15,19,28H,14H2,1H3,(H,29,32)(H,30,31)/t15-,19-/m0/s1. The molecule has 0 saturated carbocycles. The molecule has 0 unspecified atom stereocenters. The van der Waals surface area contributed by atoms with Crippen LogP contribution in [0.3, 0.4) is 0 Å². The van der Waals surface area contributed by atoms with Crippen molar-refractivity contribution in [2.75, 3.05) is 11.9 Å². The van der Waals surface area contributed by atoms with E-state index in [-0.39, 0.29) is 23.0 Å². The van der Waals surface area contributed by atoms with Crippen molar-refractivity contribution < 1.29 is 9.59 Å². The molecule has 2 heterocycles. The van der Waals surface area contributed by atoms with Crippen molar-refractivity contribution in [3.63, 3.8) is 0 Å². The van der Waals surface area contributed by atoms with Gasteiger partial charge in [-0.25, -0.2) is 0 Å². The van der Waals surface area contributed by atoms with Crippen molar-refractivity contribution in [3.05, 3.63) is 94.6 Å². The Labute approximate surface area is 200 Å². The zero-order valence-corrected chi connectivity index (χ0v) is 19.5. The van der Waals surface area contributed by atoms with Crippen LogP contribution in [-0.2, 0) is 4.79 Å². The van der Waals surface area contributed by atoms with Gasteiger partial charge in [-0.3, -0.25) is 9.59 Å². The Kier molecular flexibility index (Phi) is 5.87. The van der Waals surface area contributed by atoms with Gasteiger partial charge in [0, 0.05) is 45.0 Å². The van der Waals surface area contributed by atoms with Gasteiger partial charge in [-0.2, -0.15) is 0 Å². The number of benzene rings is 3. The lowest BCUT2D eigenvalue weighted by atomic mass is 9.90. The molecular weight excluding hydrogens is 454 g/mol. The van der Waals surface area contributed by atoms with Gasteiger partial charge in [-0.15, -0.1) is 11.8 Å². The Bertz CT molecular complexity index is 1370. The highest BCUT2D eigenvalue weighted by Crippen LogP contribution is 2.36. The minimum absolute atomic E-state index is 0.0526. The summed E-state index contributed by atoms with van der Waals surface area (Å²) >= 11 is 8.05. The molecule has 4 aromatic rings. The van der Waals surface area contributed by atoms with E-state index >= 15 is 0 Å².